The highest BCUT2D eigenvalue weighted by Gasteiger charge is 2.37. The number of hydrogen-bond donors (Lipinski definition) is 2. The standard InChI is InChI=1S/C19H27Cl2NO3SSi/c1-19(2,3)27(4,5)25-11-13-8-15(18(21)26-13)17(24)14-9-16(20)22-10-12(14)6-7-23/h8-10,17,23-24H,6-7,11H2,1-5H3. The van der Waals surface area contributed by atoms with Gasteiger partial charge in [0.2, 0.25) is 0 Å². The lowest BCUT2D eigenvalue weighted by Crippen LogP contribution is -2.40. The van der Waals surface area contributed by atoms with Crippen molar-refractivity contribution < 1.29 is 14.6 Å². The smallest absolute Gasteiger partial charge is 0.192 e. The normalized spacial score (nSPS) is 13.8. The van der Waals surface area contributed by atoms with Gasteiger partial charge in [-0.3, -0.25) is 0 Å². The molecule has 2 aromatic heterocycles. The van der Waals surface area contributed by atoms with E-state index >= 15 is 0 Å². The molecule has 0 amide bonds. The highest BCUT2D eigenvalue weighted by molar-refractivity contribution is 7.16. The fourth-order valence-corrected chi connectivity index (χ4v) is 4.88. The maximum atomic E-state index is 10.9. The zero-order valence-electron chi connectivity index (χ0n) is 16.3. The Labute approximate surface area is 176 Å². The lowest BCUT2D eigenvalue weighted by atomic mass is 9.98. The van der Waals surface area contributed by atoms with Gasteiger partial charge in [-0.1, -0.05) is 44.0 Å². The molecule has 0 radical (unpaired) electrons. The van der Waals surface area contributed by atoms with Crippen LogP contribution in [0.2, 0.25) is 27.6 Å². The van der Waals surface area contributed by atoms with E-state index < -0.39 is 14.4 Å². The molecule has 0 aliphatic heterocycles. The van der Waals surface area contributed by atoms with Crippen molar-refractivity contribution in [3.63, 3.8) is 0 Å². The number of rotatable bonds is 7. The van der Waals surface area contributed by atoms with Crippen LogP contribution in [0, 0.1) is 0 Å². The molecule has 0 saturated heterocycles. The number of thiophene rings is 1. The highest BCUT2D eigenvalue weighted by atomic mass is 35.5. The quantitative estimate of drug-likeness (QED) is 0.428. The first-order valence-corrected chi connectivity index (χ1v) is 13.3. The van der Waals surface area contributed by atoms with Crippen molar-refractivity contribution in [2.24, 2.45) is 0 Å². The minimum absolute atomic E-state index is 0.0357. The van der Waals surface area contributed by atoms with Gasteiger partial charge >= 0.3 is 0 Å². The molecule has 150 valence electrons. The fraction of sp³-hybridized carbons (Fsp3) is 0.526. The van der Waals surface area contributed by atoms with Gasteiger partial charge in [0.15, 0.2) is 8.32 Å². The molecule has 4 nitrogen and oxygen atoms in total. The van der Waals surface area contributed by atoms with E-state index in [1.807, 2.05) is 6.07 Å². The molecule has 0 bridgehead atoms. The number of hydrogen-bond acceptors (Lipinski definition) is 5. The zero-order valence-corrected chi connectivity index (χ0v) is 19.7. The van der Waals surface area contributed by atoms with Gasteiger partial charge in [0, 0.05) is 23.2 Å². The van der Waals surface area contributed by atoms with Crippen molar-refractivity contribution >= 4 is 42.9 Å². The Hall–Kier alpha value is -0.473. The molecule has 1 atom stereocenters. The molecule has 0 fully saturated rings. The first-order valence-electron chi connectivity index (χ1n) is 8.81. The van der Waals surface area contributed by atoms with E-state index in [9.17, 15) is 10.2 Å². The predicted molar refractivity (Wildman–Crippen MR) is 115 cm³/mol. The first kappa shape index (κ1) is 22.8. The number of halogens is 2. The average Bonchev–Trinajstić information content (AvgIpc) is 2.94. The molecular weight excluding hydrogens is 421 g/mol. The van der Waals surface area contributed by atoms with Gasteiger partial charge in [-0.2, -0.15) is 0 Å². The molecule has 27 heavy (non-hydrogen) atoms. The van der Waals surface area contributed by atoms with Crippen LogP contribution in [-0.4, -0.2) is 30.1 Å². The third-order valence-electron chi connectivity index (χ3n) is 5.11. The largest absolute Gasteiger partial charge is 0.412 e. The summed E-state index contributed by atoms with van der Waals surface area (Å²) < 4.78 is 6.79. The minimum Gasteiger partial charge on any atom is -0.412 e. The topological polar surface area (TPSA) is 62.6 Å². The Morgan fingerprint density at radius 2 is 1.89 bits per heavy atom. The van der Waals surface area contributed by atoms with Gasteiger partial charge in [0.1, 0.15) is 11.3 Å². The summed E-state index contributed by atoms with van der Waals surface area (Å²) in [6.07, 6.45) is 1.04. The molecule has 0 aliphatic carbocycles. The van der Waals surface area contributed by atoms with Gasteiger partial charge < -0.3 is 14.6 Å². The van der Waals surface area contributed by atoms with Gasteiger partial charge in [-0.25, -0.2) is 4.98 Å². The van der Waals surface area contributed by atoms with Gasteiger partial charge in [-0.05, 0) is 47.8 Å². The molecule has 0 spiro atoms. The highest BCUT2D eigenvalue weighted by Crippen LogP contribution is 2.40. The Balaban J connectivity index is 2.25. The van der Waals surface area contributed by atoms with Crippen molar-refractivity contribution in [1.29, 1.82) is 0 Å². The lowest BCUT2D eigenvalue weighted by molar-refractivity contribution is 0.218. The fourth-order valence-electron chi connectivity index (χ4n) is 2.38. The second kappa shape index (κ2) is 8.90. The Morgan fingerprint density at radius 1 is 1.22 bits per heavy atom. The summed E-state index contributed by atoms with van der Waals surface area (Å²) in [7, 11) is -1.87. The van der Waals surface area contributed by atoms with E-state index in [0.717, 1.165) is 10.4 Å². The van der Waals surface area contributed by atoms with Crippen LogP contribution in [0.3, 0.4) is 0 Å². The zero-order chi connectivity index (χ0) is 20.4. The van der Waals surface area contributed by atoms with Crippen molar-refractivity contribution in [2.45, 2.75) is 58.0 Å². The van der Waals surface area contributed by atoms with Crippen molar-refractivity contribution in [2.75, 3.05) is 6.61 Å². The van der Waals surface area contributed by atoms with E-state index in [0.29, 0.717) is 33.6 Å². The predicted octanol–water partition coefficient (Wildman–Crippen LogP) is 5.59. The molecule has 2 heterocycles. The molecule has 0 saturated carbocycles. The van der Waals surface area contributed by atoms with E-state index in [-0.39, 0.29) is 11.6 Å². The van der Waals surface area contributed by atoms with E-state index in [4.69, 9.17) is 27.6 Å². The Kier molecular flexibility index (Phi) is 7.52. The van der Waals surface area contributed by atoms with Crippen LogP contribution in [0.25, 0.3) is 0 Å². The summed E-state index contributed by atoms with van der Waals surface area (Å²) in [6, 6.07) is 3.51. The number of pyridine rings is 1. The average molecular weight is 448 g/mol. The third-order valence-corrected chi connectivity index (χ3v) is 11.2. The number of aliphatic hydroxyl groups excluding tert-OH is 2. The van der Waals surface area contributed by atoms with Crippen LogP contribution in [0.15, 0.2) is 18.3 Å². The molecule has 2 rings (SSSR count). The Morgan fingerprint density at radius 3 is 2.48 bits per heavy atom. The second-order valence-electron chi connectivity index (χ2n) is 8.07. The number of nitrogens with zero attached hydrogens (tertiary/aromatic N) is 1. The second-order valence-corrected chi connectivity index (χ2v) is 15.0. The van der Waals surface area contributed by atoms with Crippen LogP contribution in [0.4, 0.5) is 0 Å². The number of aromatic nitrogens is 1. The summed E-state index contributed by atoms with van der Waals surface area (Å²) in [5.74, 6) is 0. The summed E-state index contributed by atoms with van der Waals surface area (Å²) in [5, 5.41) is 20.6. The first-order chi connectivity index (χ1) is 12.5. The van der Waals surface area contributed by atoms with E-state index in [2.05, 4.69) is 38.8 Å². The van der Waals surface area contributed by atoms with Crippen molar-refractivity contribution in [3.8, 4) is 0 Å². The monoisotopic (exact) mass is 447 g/mol. The number of aliphatic hydroxyl groups is 2. The molecular formula is C19H27Cl2NO3SSi. The summed E-state index contributed by atoms with van der Waals surface area (Å²) in [5.41, 5.74) is 1.98. The lowest BCUT2D eigenvalue weighted by Gasteiger charge is -2.36. The maximum absolute atomic E-state index is 10.9. The maximum Gasteiger partial charge on any atom is 0.192 e. The summed E-state index contributed by atoms with van der Waals surface area (Å²) in [6.45, 7) is 11.5. The van der Waals surface area contributed by atoms with E-state index in [1.165, 1.54) is 11.3 Å². The molecule has 8 heteroatoms. The molecule has 2 aromatic rings. The van der Waals surface area contributed by atoms with Crippen molar-refractivity contribution in [3.05, 3.63) is 49.4 Å². The minimum atomic E-state index is -1.87. The van der Waals surface area contributed by atoms with Crippen LogP contribution in [-0.2, 0) is 17.5 Å². The molecule has 0 aromatic carbocycles. The summed E-state index contributed by atoms with van der Waals surface area (Å²) in [4.78, 5) is 5.01. The van der Waals surface area contributed by atoms with Crippen LogP contribution >= 0.6 is 34.5 Å². The molecule has 0 aliphatic rings. The Bertz CT molecular complexity index is 790. The van der Waals surface area contributed by atoms with Gasteiger partial charge in [0.05, 0.1) is 10.9 Å². The van der Waals surface area contributed by atoms with E-state index in [1.54, 1.807) is 12.3 Å². The molecule has 1 unspecified atom stereocenters. The summed E-state index contributed by atoms with van der Waals surface area (Å²) >= 11 is 13.8. The SMILES string of the molecule is CC(C)(C)[Si](C)(C)OCc1cc(C(O)c2cc(Cl)ncc2CCO)c(Cl)s1. The third kappa shape index (κ3) is 5.53. The van der Waals surface area contributed by atoms with Crippen LogP contribution in [0.1, 0.15) is 48.4 Å². The van der Waals surface area contributed by atoms with Crippen LogP contribution in [0.5, 0.6) is 0 Å². The van der Waals surface area contributed by atoms with Crippen molar-refractivity contribution in [1.82, 2.24) is 4.98 Å². The van der Waals surface area contributed by atoms with Crippen LogP contribution < -0.4 is 0 Å². The van der Waals surface area contributed by atoms with Gasteiger partial charge in [-0.15, -0.1) is 11.3 Å². The van der Waals surface area contributed by atoms with Gasteiger partial charge in [0.25, 0.3) is 0 Å². The molecule has 2 N–H and O–H groups in total.